The highest BCUT2D eigenvalue weighted by molar-refractivity contribution is 5.83. The Hall–Kier alpha value is -3.05. The summed E-state index contributed by atoms with van der Waals surface area (Å²) < 4.78 is 37.9. The van der Waals surface area contributed by atoms with Gasteiger partial charge in [0.15, 0.2) is 5.43 Å². The smallest absolute Gasteiger partial charge is 0.326 e. The summed E-state index contributed by atoms with van der Waals surface area (Å²) in [6.45, 7) is 0. The maximum absolute atomic E-state index is 12.1. The fourth-order valence-corrected chi connectivity index (χ4v) is 1.84. The summed E-state index contributed by atoms with van der Waals surface area (Å²) in [5.41, 5.74) is 0.575. The molecule has 3 N–H and O–H groups in total. The minimum absolute atomic E-state index is 0.200. The normalized spacial score (nSPS) is 11.5. The van der Waals surface area contributed by atoms with Crippen molar-refractivity contribution in [3.05, 3.63) is 37.1 Å². The average Bonchev–Trinajstić information content (AvgIpc) is 2.46. The van der Waals surface area contributed by atoms with Gasteiger partial charge in [0.25, 0.3) is 5.56 Å². The van der Waals surface area contributed by atoms with E-state index in [0.29, 0.717) is 0 Å². The number of halogens is 3. The molecule has 12 heteroatoms. The maximum Gasteiger partial charge on any atom is 0.472 e. The highest BCUT2D eigenvalue weighted by Gasteiger charge is 2.38. The molecule has 9 nitrogen and oxygen atoms in total. The van der Waals surface area contributed by atoms with Crippen LogP contribution in [0.25, 0.3) is 11.0 Å². The Morgan fingerprint density at radius 1 is 1.17 bits per heavy atom. The number of anilines is 1. The third-order valence-corrected chi connectivity index (χ3v) is 3.01. The number of aromatic nitrogens is 3. The number of pyridine rings is 1. The largest absolute Gasteiger partial charge is 0.472 e. The zero-order valence-electron chi connectivity index (χ0n) is 11.7. The van der Waals surface area contributed by atoms with Gasteiger partial charge in [0, 0.05) is 20.2 Å². The number of hydrazine groups is 1. The maximum atomic E-state index is 12.1. The molecule has 0 aliphatic carbocycles. The minimum atomic E-state index is -5.12. The molecule has 0 aliphatic heterocycles. The van der Waals surface area contributed by atoms with Gasteiger partial charge in [-0.2, -0.15) is 13.2 Å². The quantitative estimate of drug-likeness (QED) is 0.605. The van der Waals surface area contributed by atoms with Crippen molar-refractivity contribution < 1.29 is 18.0 Å². The summed E-state index contributed by atoms with van der Waals surface area (Å²) in [4.78, 5) is 48.8. The molecule has 2 aromatic heterocycles. The lowest BCUT2D eigenvalue weighted by atomic mass is 10.3. The minimum Gasteiger partial charge on any atom is -0.326 e. The van der Waals surface area contributed by atoms with E-state index in [-0.39, 0.29) is 16.9 Å². The molecule has 124 valence electrons. The molecule has 0 radical (unpaired) electrons. The average molecular weight is 333 g/mol. The topological polar surface area (TPSA) is 118 Å². The van der Waals surface area contributed by atoms with Crippen LogP contribution >= 0.6 is 0 Å². The lowest BCUT2D eigenvalue weighted by molar-refractivity contribution is -0.173. The van der Waals surface area contributed by atoms with Crippen LogP contribution in [-0.4, -0.2) is 26.2 Å². The first-order valence-electron chi connectivity index (χ1n) is 6.00. The van der Waals surface area contributed by atoms with Crippen molar-refractivity contribution in [2.45, 2.75) is 6.18 Å². The van der Waals surface area contributed by atoms with Crippen LogP contribution < -0.4 is 27.5 Å². The van der Waals surface area contributed by atoms with E-state index in [2.05, 4.69) is 4.98 Å². The standard InChI is InChI=1S/C11H10F3N5O4/c1-18-7-6(8(21)19(2)10(18)23)4(20)3-5(15-7)16-17-9(22)11(12,13)14/h3H,1-2H3,(H,17,22)(H2,15,16,20). The lowest BCUT2D eigenvalue weighted by Gasteiger charge is -2.12. The first-order valence-corrected chi connectivity index (χ1v) is 6.00. The van der Waals surface area contributed by atoms with Crippen LogP contribution in [0.5, 0.6) is 0 Å². The fourth-order valence-electron chi connectivity index (χ4n) is 1.84. The molecule has 0 saturated heterocycles. The van der Waals surface area contributed by atoms with Crippen molar-refractivity contribution in [3.63, 3.8) is 0 Å². The van der Waals surface area contributed by atoms with Crippen molar-refractivity contribution in [2.75, 3.05) is 5.43 Å². The highest BCUT2D eigenvalue weighted by atomic mass is 19.4. The van der Waals surface area contributed by atoms with Gasteiger partial charge in [-0.25, -0.2) is 4.79 Å². The zero-order chi connectivity index (χ0) is 17.5. The molecule has 2 aromatic rings. The number of aryl methyl sites for hydroxylation is 1. The van der Waals surface area contributed by atoms with Crippen LogP contribution in [0.15, 0.2) is 20.4 Å². The van der Waals surface area contributed by atoms with Crippen molar-refractivity contribution >= 4 is 22.8 Å². The second-order valence-corrected chi connectivity index (χ2v) is 4.55. The predicted octanol–water partition coefficient (Wildman–Crippen LogP) is -1.07. The molecule has 2 rings (SSSR count). The fraction of sp³-hybridized carbons (Fsp3) is 0.273. The molecule has 2 heterocycles. The van der Waals surface area contributed by atoms with Gasteiger partial charge in [-0.1, -0.05) is 0 Å². The molecule has 0 aromatic carbocycles. The number of H-pyrrole nitrogens is 1. The van der Waals surface area contributed by atoms with Gasteiger partial charge in [0.05, 0.1) is 0 Å². The van der Waals surface area contributed by atoms with Crippen LogP contribution in [0.3, 0.4) is 0 Å². The third kappa shape index (κ3) is 2.82. The number of nitrogens with one attached hydrogen (secondary N) is 3. The number of alkyl halides is 3. The van der Waals surface area contributed by atoms with Crippen LogP contribution in [0.1, 0.15) is 0 Å². The molecule has 0 atom stereocenters. The Morgan fingerprint density at radius 2 is 1.78 bits per heavy atom. The Kier molecular flexibility index (Phi) is 3.76. The second-order valence-electron chi connectivity index (χ2n) is 4.55. The van der Waals surface area contributed by atoms with E-state index in [1.165, 1.54) is 19.5 Å². The SMILES string of the molecule is Cn1c(=O)c2c(=O)cc(NNC(=O)C(F)(F)F)[nH]c2n(C)c1=O. The van der Waals surface area contributed by atoms with Gasteiger partial charge in [0.2, 0.25) is 0 Å². The van der Waals surface area contributed by atoms with Gasteiger partial charge in [-0.3, -0.25) is 34.4 Å². The number of amides is 1. The molecular formula is C11H10F3N5O4. The molecule has 0 fully saturated rings. The number of carbonyl (C=O) groups excluding carboxylic acids is 1. The third-order valence-electron chi connectivity index (χ3n) is 3.01. The van der Waals surface area contributed by atoms with E-state index in [4.69, 9.17) is 0 Å². The van der Waals surface area contributed by atoms with Gasteiger partial charge in [-0.15, -0.1) is 0 Å². The van der Waals surface area contributed by atoms with Crippen LogP contribution in [0, 0.1) is 0 Å². The number of fused-ring (bicyclic) bond motifs is 1. The van der Waals surface area contributed by atoms with Gasteiger partial charge in [0.1, 0.15) is 16.9 Å². The summed E-state index contributed by atoms with van der Waals surface area (Å²) in [5, 5.41) is -0.345. The molecule has 0 unspecified atom stereocenters. The van der Waals surface area contributed by atoms with Crippen molar-refractivity contribution in [3.8, 4) is 0 Å². The lowest BCUT2D eigenvalue weighted by Crippen LogP contribution is -2.41. The Labute approximate surface area is 124 Å². The number of hydrogen-bond acceptors (Lipinski definition) is 5. The second kappa shape index (κ2) is 5.30. The van der Waals surface area contributed by atoms with Crippen molar-refractivity contribution in [2.24, 2.45) is 14.1 Å². The summed E-state index contributed by atoms with van der Waals surface area (Å²) in [7, 11) is 2.44. The number of aromatic amines is 1. The monoisotopic (exact) mass is 333 g/mol. The van der Waals surface area contributed by atoms with Crippen LogP contribution in [0.2, 0.25) is 0 Å². The first kappa shape index (κ1) is 16.3. The van der Waals surface area contributed by atoms with Gasteiger partial charge < -0.3 is 4.98 Å². The summed E-state index contributed by atoms with van der Waals surface area (Å²) in [6.07, 6.45) is -5.12. The van der Waals surface area contributed by atoms with Gasteiger partial charge >= 0.3 is 17.8 Å². The highest BCUT2D eigenvalue weighted by Crippen LogP contribution is 2.14. The molecular weight excluding hydrogens is 323 g/mol. The number of carbonyl (C=O) groups is 1. The van der Waals surface area contributed by atoms with E-state index < -0.39 is 28.8 Å². The number of rotatable bonds is 2. The van der Waals surface area contributed by atoms with Crippen LogP contribution in [-0.2, 0) is 18.9 Å². The molecule has 0 bridgehead atoms. The first-order chi connectivity index (χ1) is 10.5. The Bertz CT molecular complexity index is 969. The summed E-state index contributed by atoms with van der Waals surface area (Å²) in [5.74, 6) is -2.61. The molecule has 0 spiro atoms. The van der Waals surface area contributed by atoms with E-state index in [0.717, 1.165) is 15.2 Å². The molecule has 23 heavy (non-hydrogen) atoms. The van der Waals surface area contributed by atoms with Crippen molar-refractivity contribution in [1.29, 1.82) is 0 Å². The van der Waals surface area contributed by atoms with E-state index in [1.54, 1.807) is 0 Å². The van der Waals surface area contributed by atoms with E-state index in [9.17, 15) is 32.3 Å². The van der Waals surface area contributed by atoms with Gasteiger partial charge in [-0.05, 0) is 0 Å². The van der Waals surface area contributed by atoms with E-state index >= 15 is 0 Å². The van der Waals surface area contributed by atoms with Crippen molar-refractivity contribution in [1.82, 2.24) is 19.5 Å². The predicted molar refractivity (Wildman–Crippen MR) is 72.9 cm³/mol. The Balaban J connectivity index is 2.55. The molecule has 1 amide bonds. The Morgan fingerprint density at radius 3 is 2.35 bits per heavy atom. The summed E-state index contributed by atoms with van der Waals surface area (Å²) >= 11 is 0. The number of nitrogens with zero attached hydrogens (tertiary/aromatic N) is 2. The molecule has 0 saturated carbocycles. The number of hydrogen-bond donors (Lipinski definition) is 3. The van der Waals surface area contributed by atoms with E-state index in [1.807, 2.05) is 5.43 Å². The summed E-state index contributed by atoms with van der Waals surface area (Å²) in [6, 6.07) is 0.783. The molecule has 0 aliphatic rings. The van der Waals surface area contributed by atoms with Crippen LogP contribution in [0.4, 0.5) is 19.0 Å². The zero-order valence-corrected chi connectivity index (χ0v) is 11.7.